The summed E-state index contributed by atoms with van der Waals surface area (Å²) in [6.45, 7) is 17.5. The lowest BCUT2D eigenvalue weighted by molar-refractivity contribution is 0.0491. The summed E-state index contributed by atoms with van der Waals surface area (Å²) in [5, 5.41) is 0. The van der Waals surface area contributed by atoms with Crippen LogP contribution in [0.2, 0.25) is 0 Å². The van der Waals surface area contributed by atoms with Gasteiger partial charge in [-0.3, -0.25) is 4.90 Å². The molecule has 0 spiro atoms. The van der Waals surface area contributed by atoms with Crippen molar-refractivity contribution in [3.63, 3.8) is 0 Å². The third-order valence-electron chi connectivity index (χ3n) is 5.61. The molecule has 1 aliphatic carbocycles. The number of hydrogen-bond acceptors (Lipinski definition) is 3. The first-order valence-electron chi connectivity index (χ1n) is 10.3. The van der Waals surface area contributed by atoms with E-state index in [4.69, 9.17) is 11.8 Å². The number of rotatable bonds is 8. The van der Waals surface area contributed by atoms with Gasteiger partial charge in [0, 0.05) is 51.9 Å². The van der Waals surface area contributed by atoms with Crippen LogP contribution in [0.4, 0.5) is 0 Å². The molecule has 0 N–H and O–H groups in total. The van der Waals surface area contributed by atoms with Gasteiger partial charge in [0.25, 0.3) is 0 Å². The fraction of sp³-hybridized carbons (Fsp3) is 1.00. The van der Waals surface area contributed by atoms with Crippen LogP contribution in [0.5, 0.6) is 0 Å². The van der Waals surface area contributed by atoms with Crippen LogP contribution < -0.4 is 0 Å². The van der Waals surface area contributed by atoms with Gasteiger partial charge in [-0.15, -0.1) is 0 Å². The van der Waals surface area contributed by atoms with Crippen molar-refractivity contribution < 1.29 is 0 Å². The summed E-state index contributed by atoms with van der Waals surface area (Å²) in [5.74, 6) is 2.38. The fourth-order valence-corrected chi connectivity index (χ4v) is 4.78. The van der Waals surface area contributed by atoms with Crippen LogP contribution in [-0.2, 0) is 0 Å². The third kappa shape index (κ3) is 6.82. The summed E-state index contributed by atoms with van der Waals surface area (Å²) in [7, 11) is 0. The minimum atomic E-state index is 0.730. The lowest BCUT2D eigenvalue weighted by Crippen LogP contribution is -2.55. The van der Waals surface area contributed by atoms with Gasteiger partial charge < -0.3 is 4.90 Å². The Hall–Kier alpha value is 0.170. The van der Waals surface area contributed by atoms with Gasteiger partial charge in [-0.2, -0.15) is 0 Å². The summed E-state index contributed by atoms with van der Waals surface area (Å²) in [6.07, 6.45) is 7.18. The topological polar surface area (TPSA) is 9.72 Å². The van der Waals surface area contributed by atoms with Gasteiger partial charge in [-0.25, -0.2) is 4.42 Å². The van der Waals surface area contributed by atoms with Crippen LogP contribution >= 0.6 is 11.8 Å². The Bertz CT molecular complexity index is 324. The number of hydrogen-bond donors (Lipinski definition) is 0. The highest BCUT2D eigenvalue weighted by atomic mass is 35.5. The molecule has 0 aromatic heterocycles. The highest BCUT2D eigenvalue weighted by Gasteiger charge is 2.32. The average molecular weight is 358 g/mol. The Balaban J connectivity index is 2.04. The Morgan fingerprint density at radius 2 is 1.38 bits per heavy atom. The maximum absolute atomic E-state index is 6.21. The molecule has 2 rings (SSSR count). The van der Waals surface area contributed by atoms with Crippen molar-refractivity contribution in [2.75, 3.05) is 45.8 Å². The Morgan fingerprint density at radius 1 is 0.833 bits per heavy atom. The summed E-state index contributed by atoms with van der Waals surface area (Å²) in [4.78, 5) is 5.52. The summed E-state index contributed by atoms with van der Waals surface area (Å²) < 4.78 is 1.97. The van der Waals surface area contributed by atoms with E-state index in [0.29, 0.717) is 0 Å². The van der Waals surface area contributed by atoms with Gasteiger partial charge >= 0.3 is 0 Å². The summed E-state index contributed by atoms with van der Waals surface area (Å²) >= 11 is 6.21. The van der Waals surface area contributed by atoms with Gasteiger partial charge in [0.15, 0.2) is 0 Å². The lowest BCUT2D eigenvalue weighted by atomic mass is 9.82. The first-order chi connectivity index (χ1) is 11.5. The van der Waals surface area contributed by atoms with Gasteiger partial charge in [0.2, 0.25) is 0 Å². The molecule has 0 bridgehead atoms. The molecule has 142 valence electrons. The van der Waals surface area contributed by atoms with Gasteiger partial charge in [-0.1, -0.05) is 47.0 Å². The quantitative estimate of drug-likeness (QED) is 0.599. The van der Waals surface area contributed by atoms with Crippen LogP contribution in [0.1, 0.15) is 59.8 Å². The maximum atomic E-state index is 6.21. The van der Waals surface area contributed by atoms with E-state index in [1.54, 1.807) is 0 Å². The number of halogens is 1. The molecular weight excluding hydrogens is 318 g/mol. The number of piperazine rings is 1. The third-order valence-corrected chi connectivity index (χ3v) is 5.95. The Labute approximate surface area is 155 Å². The van der Waals surface area contributed by atoms with Crippen molar-refractivity contribution in [1.29, 1.82) is 0 Å². The summed E-state index contributed by atoms with van der Waals surface area (Å²) in [5.41, 5.74) is 0. The monoisotopic (exact) mass is 357 g/mol. The van der Waals surface area contributed by atoms with E-state index in [2.05, 4.69) is 37.5 Å². The Morgan fingerprint density at radius 3 is 1.88 bits per heavy atom. The predicted octanol–water partition coefficient (Wildman–Crippen LogP) is 4.32. The minimum absolute atomic E-state index is 0.730. The van der Waals surface area contributed by atoms with Crippen molar-refractivity contribution >= 4 is 11.8 Å². The molecule has 1 atom stereocenters. The van der Waals surface area contributed by atoms with Crippen molar-refractivity contribution in [2.24, 2.45) is 17.8 Å². The standard InChI is InChI=1S/C20H40ClN3/c1-17(2)14-22(15-18(3)4)16-20(19-8-6-5-7-9-19)23-10-12-24(21)13-11-23/h17-20H,5-16H2,1-4H3. The largest absolute Gasteiger partial charge is 0.301 e. The molecule has 4 heteroatoms. The second-order valence-electron chi connectivity index (χ2n) is 8.92. The zero-order chi connectivity index (χ0) is 17.5. The molecule has 2 aliphatic rings. The van der Waals surface area contributed by atoms with Crippen molar-refractivity contribution in [3.8, 4) is 0 Å². The van der Waals surface area contributed by atoms with Crippen LogP contribution in [0.25, 0.3) is 0 Å². The molecule has 0 aromatic rings. The lowest BCUT2D eigenvalue weighted by Gasteiger charge is -2.44. The number of nitrogens with zero attached hydrogens (tertiary/aromatic N) is 3. The molecule has 2 fully saturated rings. The zero-order valence-electron chi connectivity index (χ0n) is 16.5. The van der Waals surface area contributed by atoms with E-state index in [-0.39, 0.29) is 0 Å². The molecule has 0 radical (unpaired) electrons. The molecule has 1 aliphatic heterocycles. The molecule has 3 nitrogen and oxygen atoms in total. The predicted molar refractivity (Wildman–Crippen MR) is 105 cm³/mol. The van der Waals surface area contributed by atoms with E-state index in [9.17, 15) is 0 Å². The smallest absolute Gasteiger partial charge is 0.0267 e. The molecule has 24 heavy (non-hydrogen) atoms. The van der Waals surface area contributed by atoms with Gasteiger partial charge in [0.1, 0.15) is 0 Å². The molecule has 1 heterocycles. The van der Waals surface area contributed by atoms with Crippen LogP contribution in [0, 0.1) is 17.8 Å². The van der Waals surface area contributed by atoms with E-state index in [1.807, 2.05) is 4.42 Å². The SMILES string of the molecule is CC(C)CN(CC(C)C)CC(C1CCCCC1)N1CCN(Cl)CC1. The van der Waals surface area contributed by atoms with E-state index < -0.39 is 0 Å². The molecule has 1 unspecified atom stereocenters. The zero-order valence-corrected chi connectivity index (χ0v) is 17.3. The van der Waals surface area contributed by atoms with Gasteiger partial charge in [-0.05, 0) is 42.4 Å². The second kappa shape index (κ2) is 10.4. The fourth-order valence-electron chi connectivity index (χ4n) is 4.63. The highest BCUT2D eigenvalue weighted by Crippen LogP contribution is 2.30. The molecule has 0 amide bonds. The second-order valence-corrected chi connectivity index (χ2v) is 9.40. The van der Waals surface area contributed by atoms with Crippen molar-refractivity contribution in [1.82, 2.24) is 14.2 Å². The molecule has 1 saturated heterocycles. The molecule has 0 aromatic carbocycles. The van der Waals surface area contributed by atoms with Crippen LogP contribution in [-0.4, -0.2) is 66.1 Å². The first-order valence-corrected chi connectivity index (χ1v) is 10.7. The van der Waals surface area contributed by atoms with E-state index >= 15 is 0 Å². The summed E-state index contributed by atoms with van der Waals surface area (Å²) in [6, 6.07) is 0.730. The first kappa shape index (κ1) is 20.5. The minimum Gasteiger partial charge on any atom is -0.301 e. The molecule has 1 saturated carbocycles. The van der Waals surface area contributed by atoms with Crippen LogP contribution in [0.3, 0.4) is 0 Å². The van der Waals surface area contributed by atoms with E-state index in [0.717, 1.165) is 50.0 Å². The normalized spacial score (nSPS) is 23.5. The molecular formula is C20H40ClN3. The van der Waals surface area contributed by atoms with E-state index in [1.165, 1.54) is 51.7 Å². The van der Waals surface area contributed by atoms with Crippen LogP contribution in [0.15, 0.2) is 0 Å². The van der Waals surface area contributed by atoms with Gasteiger partial charge in [0.05, 0.1) is 0 Å². The van der Waals surface area contributed by atoms with Crippen molar-refractivity contribution in [3.05, 3.63) is 0 Å². The highest BCUT2D eigenvalue weighted by molar-refractivity contribution is 6.13. The maximum Gasteiger partial charge on any atom is 0.0267 e. The Kier molecular flexibility index (Phi) is 8.83. The van der Waals surface area contributed by atoms with Crippen molar-refractivity contribution in [2.45, 2.75) is 65.8 Å². The average Bonchev–Trinajstić information content (AvgIpc) is 2.53.